The lowest BCUT2D eigenvalue weighted by Gasteiger charge is -2.06. The fourth-order valence-electron chi connectivity index (χ4n) is 1.73. The first-order valence-electron chi connectivity index (χ1n) is 6.95. The second-order valence-corrected chi connectivity index (χ2v) is 4.47. The van der Waals surface area contributed by atoms with Crippen LogP contribution in [0.15, 0.2) is 36.0 Å². The molecule has 0 radical (unpaired) electrons. The highest BCUT2D eigenvalue weighted by atomic mass is 16.5. The van der Waals surface area contributed by atoms with Crippen LogP contribution in [-0.2, 0) is 16.0 Å². The van der Waals surface area contributed by atoms with E-state index in [-0.39, 0.29) is 5.57 Å². The van der Waals surface area contributed by atoms with Crippen molar-refractivity contribution in [2.24, 2.45) is 0 Å². The van der Waals surface area contributed by atoms with E-state index < -0.39 is 5.91 Å². The van der Waals surface area contributed by atoms with E-state index >= 15 is 0 Å². The van der Waals surface area contributed by atoms with Crippen LogP contribution < -0.4 is 15.4 Å². The van der Waals surface area contributed by atoms with Crippen LogP contribution in [0.1, 0.15) is 5.56 Å². The molecule has 1 aromatic rings. The number of nitriles is 1. The van der Waals surface area contributed by atoms with Crippen LogP contribution in [0.2, 0.25) is 0 Å². The predicted octanol–water partition coefficient (Wildman–Crippen LogP) is 0.997. The second-order valence-electron chi connectivity index (χ2n) is 4.47. The molecule has 0 aliphatic carbocycles. The Bertz CT molecular complexity index is 550. The molecule has 0 atom stereocenters. The summed E-state index contributed by atoms with van der Waals surface area (Å²) in [6.07, 6.45) is 2.19. The monoisotopic (exact) mass is 303 g/mol. The van der Waals surface area contributed by atoms with Gasteiger partial charge in [-0.15, -0.1) is 0 Å². The summed E-state index contributed by atoms with van der Waals surface area (Å²) in [4.78, 5) is 11.7. The van der Waals surface area contributed by atoms with Crippen LogP contribution in [0.5, 0.6) is 5.75 Å². The van der Waals surface area contributed by atoms with E-state index in [2.05, 4.69) is 10.6 Å². The molecule has 1 amide bonds. The van der Waals surface area contributed by atoms with E-state index in [0.717, 1.165) is 17.7 Å². The van der Waals surface area contributed by atoms with Gasteiger partial charge in [0.2, 0.25) is 0 Å². The minimum absolute atomic E-state index is 0.0433. The molecule has 2 N–H and O–H groups in total. The Morgan fingerprint density at radius 3 is 2.86 bits per heavy atom. The maximum absolute atomic E-state index is 11.7. The fourth-order valence-corrected chi connectivity index (χ4v) is 1.73. The predicted molar refractivity (Wildman–Crippen MR) is 83.3 cm³/mol. The summed E-state index contributed by atoms with van der Waals surface area (Å²) >= 11 is 0. The number of carbonyl (C=O) groups excluding carboxylic acids is 1. The van der Waals surface area contributed by atoms with Crippen molar-refractivity contribution in [2.45, 2.75) is 6.42 Å². The van der Waals surface area contributed by atoms with Crippen LogP contribution in [-0.4, -0.2) is 39.8 Å². The van der Waals surface area contributed by atoms with Crippen molar-refractivity contribution >= 4 is 5.91 Å². The number of hydrogen-bond donors (Lipinski definition) is 2. The van der Waals surface area contributed by atoms with Gasteiger partial charge < -0.3 is 20.1 Å². The van der Waals surface area contributed by atoms with E-state index in [1.165, 1.54) is 6.20 Å². The van der Waals surface area contributed by atoms with Gasteiger partial charge in [-0.25, -0.2) is 0 Å². The van der Waals surface area contributed by atoms with Gasteiger partial charge in [0.05, 0.1) is 13.7 Å². The maximum atomic E-state index is 11.7. The van der Waals surface area contributed by atoms with Gasteiger partial charge in [0.1, 0.15) is 17.4 Å². The molecule has 1 aromatic carbocycles. The Labute approximate surface area is 130 Å². The Hall–Kier alpha value is -2.52. The molecule has 22 heavy (non-hydrogen) atoms. The molecule has 0 heterocycles. The molecule has 118 valence electrons. The van der Waals surface area contributed by atoms with Crippen LogP contribution >= 0.6 is 0 Å². The summed E-state index contributed by atoms with van der Waals surface area (Å²) in [5, 5.41) is 14.5. The standard InChI is InChI=1S/C16H21N3O3/c1-21-9-8-19-16(20)14(11-17)12-18-7-6-13-4-3-5-15(10-13)22-2/h3-5,10,12,18H,6-9H2,1-2H3,(H,19,20)/b14-12-. The zero-order valence-corrected chi connectivity index (χ0v) is 12.9. The summed E-state index contributed by atoms with van der Waals surface area (Å²) in [6.45, 7) is 1.40. The van der Waals surface area contributed by atoms with E-state index in [1.807, 2.05) is 30.3 Å². The summed E-state index contributed by atoms with van der Waals surface area (Å²) in [6, 6.07) is 9.63. The molecule has 0 fully saturated rings. The molecular formula is C16H21N3O3. The van der Waals surface area contributed by atoms with E-state index in [4.69, 9.17) is 14.7 Å². The average Bonchev–Trinajstić information content (AvgIpc) is 2.55. The number of ether oxygens (including phenoxy) is 2. The lowest BCUT2D eigenvalue weighted by atomic mass is 10.1. The van der Waals surface area contributed by atoms with Crippen LogP contribution in [0.25, 0.3) is 0 Å². The second kappa shape index (κ2) is 10.2. The Kier molecular flexibility index (Phi) is 8.16. The fraction of sp³-hybridized carbons (Fsp3) is 0.375. The zero-order valence-electron chi connectivity index (χ0n) is 12.9. The van der Waals surface area contributed by atoms with Gasteiger partial charge in [-0.05, 0) is 24.1 Å². The molecule has 0 spiro atoms. The van der Waals surface area contributed by atoms with Crippen LogP contribution in [0, 0.1) is 11.3 Å². The van der Waals surface area contributed by atoms with Crippen molar-refractivity contribution in [1.29, 1.82) is 5.26 Å². The van der Waals surface area contributed by atoms with Gasteiger partial charge in [0.25, 0.3) is 5.91 Å². The molecule has 0 saturated heterocycles. The van der Waals surface area contributed by atoms with Crippen molar-refractivity contribution in [1.82, 2.24) is 10.6 Å². The first-order valence-corrected chi connectivity index (χ1v) is 6.95. The van der Waals surface area contributed by atoms with Crippen molar-refractivity contribution in [3.63, 3.8) is 0 Å². The first-order chi connectivity index (χ1) is 10.7. The summed E-state index contributed by atoms with van der Waals surface area (Å²) in [5.41, 5.74) is 1.16. The maximum Gasteiger partial charge on any atom is 0.263 e. The third kappa shape index (κ3) is 6.29. The Morgan fingerprint density at radius 2 is 2.18 bits per heavy atom. The Morgan fingerprint density at radius 1 is 1.36 bits per heavy atom. The Balaban J connectivity index is 2.42. The molecule has 0 aromatic heterocycles. The number of benzene rings is 1. The SMILES string of the molecule is COCCNC(=O)/C(C#N)=C\NCCc1cccc(OC)c1. The minimum Gasteiger partial charge on any atom is -0.497 e. The number of nitrogens with one attached hydrogen (secondary N) is 2. The molecule has 0 aliphatic heterocycles. The number of nitrogens with zero attached hydrogens (tertiary/aromatic N) is 1. The number of hydrogen-bond acceptors (Lipinski definition) is 5. The third-order valence-corrected chi connectivity index (χ3v) is 2.90. The number of rotatable bonds is 9. The molecular weight excluding hydrogens is 282 g/mol. The van der Waals surface area contributed by atoms with Crippen molar-refractivity contribution in [3.05, 3.63) is 41.6 Å². The molecule has 0 bridgehead atoms. The average molecular weight is 303 g/mol. The van der Waals surface area contributed by atoms with E-state index in [0.29, 0.717) is 19.7 Å². The molecule has 6 heteroatoms. The normalized spacial score (nSPS) is 10.7. The first kappa shape index (κ1) is 17.5. The van der Waals surface area contributed by atoms with Gasteiger partial charge in [0, 0.05) is 26.4 Å². The number of amides is 1. The largest absolute Gasteiger partial charge is 0.497 e. The minimum atomic E-state index is -0.409. The third-order valence-electron chi connectivity index (χ3n) is 2.90. The number of carbonyl (C=O) groups is 1. The molecule has 0 saturated carbocycles. The van der Waals surface area contributed by atoms with Crippen molar-refractivity contribution < 1.29 is 14.3 Å². The zero-order chi connectivity index (χ0) is 16.2. The van der Waals surface area contributed by atoms with Gasteiger partial charge in [-0.2, -0.15) is 5.26 Å². The lowest BCUT2D eigenvalue weighted by Crippen LogP contribution is -2.28. The molecule has 0 aliphatic rings. The van der Waals surface area contributed by atoms with Gasteiger partial charge in [-0.1, -0.05) is 12.1 Å². The smallest absolute Gasteiger partial charge is 0.263 e. The number of methoxy groups -OCH3 is 2. The van der Waals surface area contributed by atoms with Gasteiger partial charge in [0.15, 0.2) is 0 Å². The molecule has 6 nitrogen and oxygen atoms in total. The molecule has 1 rings (SSSR count). The van der Waals surface area contributed by atoms with Gasteiger partial charge in [-0.3, -0.25) is 4.79 Å². The van der Waals surface area contributed by atoms with Crippen molar-refractivity contribution in [2.75, 3.05) is 33.9 Å². The summed E-state index contributed by atoms with van der Waals surface area (Å²) in [5.74, 6) is 0.400. The van der Waals surface area contributed by atoms with Crippen LogP contribution in [0.4, 0.5) is 0 Å². The van der Waals surface area contributed by atoms with Gasteiger partial charge >= 0.3 is 0 Å². The van der Waals surface area contributed by atoms with E-state index in [9.17, 15) is 4.79 Å². The van der Waals surface area contributed by atoms with Crippen molar-refractivity contribution in [3.8, 4) is 11.8 Å². The highest BCUT2D eigenvalue weighted by molar-refractivity contribution is 5.97. The quantitative estimate of drug-likeness (QED) is 0.404. The summed E-state index contributed by atoms with van der Waals surface area (Å²) in [7, 11) is 3.18. The molecule has 0 unspecified atom stereocenters. The topological polar surface area (TPSA) is 83.4 Å². The summed E-state index contributed by atoms with van der Waals surface area (Å²) < 4.78 is 9.99. The lowest BCUT2D eigenvalue weighted by molar-refractivity contribution is -0.117. The highest BCUT2D eigenvalue weighted by Crippen LogP contribution is 2.12. The van der Waals surface area contributed by atoms with Crippen LogP contribution in [0.3, 0.4) is 0 Å². The van der Waals surface area contributed by atoms with E-state index in [1.54, 1.807) is 14.2 Å². The highest BCUT2D eigenvalue weighted by Gasteiger charge is 2.07.